The number of ether oxygens (including phenoxy) is 2. The zero-order valence-corrected chi connectivity index (χ0v) is 10.7. The second-order valence-electron chi connectivity index (χ2n) is 3.78. The van der Waals surface area contributed by atoms with Crippen LogP contribution >= 0.6 is 0 Å². The van der Waals surface area contributed by atoms with E-state index in [1.807, 2.05) is 0 Å². The summed E-state index contributed by atoms with van der Waals surface area (Å²) in [5.41, 5.74) is 0.0663. The van der Waals surface area contributed by atoms with Crippen LogP contribution < -0.4 is 14.8 Å². The molecule has 1 amide bonds. The van der Waals surface area contributed by atoms with Crippen LogP contribution in [0.4, 0.5) is 8.78 Å². The molecule has 1 rings (SSSR count). The molecule has 0 spiro atoms. The Bertz CT molecular complexity index is 507. The summed E-state index contributed by atoms with van der Waals surface area (Å²) in [6.45, 7) is -1.72. The van der Waals surface area contributed by atoms with Crippen molar-refractivity contribution < 1.29 is 33.0 Å². The lowest BCUT2D eigenvalue weighted by molar-refractivity contribution is -0.138. The number of hydrogen-bond donors (Lipinski definition) is 2. The number of rotatable bonds is 6. The molecule has 0 aliphatic rings. The number of alkyl halides is 2. The number of aliphatic carboxylic acids is 1. The van der Waals surface area contributed by atoms with Crippen molar-refractivity contribution in [2.24, 2.45) is 0 Å². The molecule has 110 valence electrons. The molecule has 20 heavy (non-hydrogen) atoms. The SMILES string of the molecule is COc1cc(C(=O)NC(C)C(=O)O)ccc1OC(F)F. The number of carbonyl (C=O) groups is 2. The van der Waals surface area contributed by atoms with Crippen LogP contribution in [0.1, 0.15) is 17.3 Å². The van der Waals surface area contributed by atoms with E-state index in [0.717, 1.165) is 6.07 Å². The number of carbonyl (C=O) groups excluding carboxylic acids is 1. The molecule has 1 unspecified atom stereocenters. The minimum atomic E-state index is -3.02. The lowest BCUT2D eigenvalue weighted by Gasteiger charge is -2.12. The van der Waals surface area contributed by atoms with E-state index in [4.69, 9.17) is 9.84 Å². The molecule has 0 heterocycles. The highest BCUT2D eigenvalue weighted by Gasteiger charge is 2.18. The summed E-state index contributed by atoms with van der Waals surface area (Å²) in [7, 11) is 1.23. The molecule has 0 saturated carbocycles. The highest BCUT2D eigenvalue weighted by molar-refractivity contribution is 5.97. The quantitative estimate of drug-likeness (QED) is 0.829. The van der Waals surface area contributed by atoms with Crippen molar-refractivity contribution in [3.63, 3.8) is 0 Å². The number of benzene rings is 1. The van der Waals surface area contributed by atoms with Crippen LogP contribution in [0.15, 0.2) is 18.2 Å². The lowest BCUT2D eigenvalue weighted by Crippen LogP contribution is -2.38. The standard InChI is InChI=1S/C12H13F2NO5/c1-6(11(17)18)15-10(16)7-3-4-8(20-12(13)14)9(5-7)19-2/h3-6,12H,1-2H3,(H,15,16)(H,17,18). The molecule has 0 aromatic heterocycles. The third-order valence-corrected chi connectivity index (χ3v) is 2.36. The Morgan fingerprint density at radius 2 is 1.95 bits per heavy atom. The molecule has 1 aromatic carbocycles. The van der Waals surface area contributed by atoms with Gasteiger partial charge in [-0.05, 0) is 25.1 Å². The summed E-state index contributed by atoms with van der Waals surface area (Å²) in [6.07, 6.45) is 0. The topological polar surface area (TPSA) is 84.9 Å². The predicted octanol–water partition coefficient (Wildman–Crippen LogP) is 1.50. The van der Waals surface area contributed by atoms with Crippen molar-refractivity contribution in [2.75, 3.05) is 7.11 Å². The van der Waals surface area contributed by atoms with Crippen LogP contribution in [0, 0.1) is 0 Å². The maximum absolute atomic E-state index is 12.1. The molecule has 0 radical (unpaired) electrons. The average Bonchev–Trinajstić information content (AvgIpc) is 2.38. The second-order valence-corrected chi connectivity index (χ2v) is 3.78. The number of carboxylic acids is 1. The molecule has 2 N–H and O–H groups in total. The monoisotopic (exact) mass is 289 g/mol. The van der Waals surface area contributed by atoms with Gasteiger partial charge in [-0.15, -0.1) is 0 Å². The Kier molecular flexibility index (Phi) is 5.24. The number of methoxy groups -OCH3 is 1. The molecule has 1 atom stereocenters. The largest absolute Gasteiger partial charge is 0.493 e. The summed E-state index contributed by atoms with van der Waals surface area (Å²) >= 11 is 0. The normalized spacial score (nSPS) is 11.8. The number of halogens is 2. The molecule has 0 fully saturated rings. The van der Waals surface area contributed by atoms with Crippen molar-refractivity contribution in [3.05, 3.63) is 23.8 Å². The molecule has 0 aliphatic carbocycles. The molecular formula is C12H13F2NO5. The van der Waals surface area contributed by atoms with Crippen molar-refractivity contribution in [1.29, 1.82) is 0 Å². The summed E-state index contributed by atoms with van der Waals surface area (Å²) in [6, 6.07) is 2.47. The highest BCUT2D eigenvalue weighted by Crippen LogP contribution is 2.29. The van der Waals surface area contributed by atoms with Crippen LogP contribution in [-0.4, -0.2) is 36.7 Å². The molecule has 0 bridgehead atoms. The van der Waals surface area contributed by atoms with E-state index in [1.165, 1.54) is 26.2 Å². The maximum Gasteiger partial charge on any atom is 0.387 e. The summed E-state index contributed by atoms with van der Waals surface area (Å²) in [4.78, 5) is 22.4. The number of hydrogen-bond acceptors (Lipinski definition) is 4. The predicted molar refractivity (Wildman–Crippen MR) is 64.2 cm³/mol. The van der Waals surface area contributed by atoms with Crippen molar-refractivity contribution in [2.45, 2.75) is 19.6 Å². The Morgan fingerprint density at radius 1 is 1.30 bits per heavy atom. The summed E-state index contributed by atoms with van der Waals surface area (Å²) < 4.78 is 33.3. The minimum Gasteiger partial charge on any atom is -0.493 e. The molecule has 0 aliphatic heterocycles. The van der Waals surface area contributed by atoms with Crippen LogP contribution in [0.2, 0.25) is 0 Å². The van der Waals surface area contributed by atoms with Crippen LogP contribution in [0.5, 0.6) is 11.5 Å². The number of amides is 1. The zero-order valence-electron chi connectivity index (χ0n) is 10.7. The van der Waals surface area contributed by atoms with Gasteiger partial charge in [-0.2, -0.15) is 8.78 Å². The molecule has 1 aromatic rings. The fourth-order valence-corrected chi connectivity index (χ4v) is 1.34. The van der Waals surface area contributed by atoms with Gasteiger partial charge in [-0.1, -0.05) is 0 Å². The number of nitrogens with one attached hydrogen (secondary N) is 1. The Morgan fingerprint density at radius 3 is 2.45 bits per heavy atom. The second kappa shape index (κ2) is 6.69. The fraction of sp³-hybridized carbons (Fsp3) is 0.333. The van der Waals surface area contributed by atoms with Gasteiger partial charge < -0.3 is 19.9 Å². The van der Waals surface area contributed by atoms with E-state index in [-0.39, 0.29) is 17.1 Å². The molecule has 6 nitrogen and oxygen atoms in total. The zero-order chi connectivity index (χ0) is 15.3. The molecular weight excluding hydrogens is 276 g/mol. The van der Waals surface area contributed by atoms with Gasteiger partial charge in [0.25, 0.3) is 5.91 Å². The first-order chi connectivity index (χ1) is 9.35. The van der Waals surface area contributed by atoms with Gasteiger partial charge in [0.2, 0.25) is 0 Å². The van der Waals surface area contributed by atoms with Crippen LogP contribution in [0.3, 0.4) is 0 Å². The summed E-state index contributed by atoms with van der Waals surface area (Å²) in [5.74, 6) is -2.13. The van der Waals surface area contributed by atoms with E-state index >= 15 is 0 Å². The van der Waals surface area contributed by atoms with Gasteiger partial charge >= 0.3 is 12.6 Å². The van der Waals surface area contributed by atoms with Gasteiger partial charge in [0, 0.05) is 5.56 Å². The maximum atomic E-state index is 12.1. The smallest absolute Gasteiger partial charge is 0.387 e. The average molecular weight is 289 g/mol. The number of carboxylic acid groups (broad SMARTS) is 1. The van der Waals surface area contributed by atoms with E-state index < -0.39 is 24.5 Å². The van der Waals surface area contributed by atoms with Gasteiger partial charge in [0.15, 0.2) is 11.5 Å². The van der Waals surface area contributed by atoms with E-state index in [2.05, 4.69) is 10.1 Å². The molecule has 0 saturated heterocycles. The van der Waals surface area contributed by atoms with Gasteiger partial charge in [0.05, 0.1) is 7.11 Å². The molecule has 8 heteroatoms. The lowest BCUT2D eigenvalue weighted by atomic mass is 10.1. The highest BCUT2D eigenvalue weighted by atomic mass is 19.3. The van der Waals surface area contributed by atoms with E-state index in [0.29, 0.717) is 0 Å². The first-order valence-electron chi connectivity index (χ1n) is 5.51. The van der Waals surface area contributed by atoms with Crippen LogP contribution in [-0.2, 0) is 4.79 Å². The summed E-state index contributed by atoms with van der Waals surface area (Å²) in [5, 5.41) is 10.9. The Balaban J connectivity index is 2.92. The van der Waals surface area contributed by atoms with Crippen LogP contribution in [0.25, 0.3) is 0 Å². The fourth-order valence-electron chi connectivity index (χ4n) is 1.34. The first kappa shape index (κ1) is 15.7. The minimum absolute atomic E-state index is 0.0547. The van der Waals surface area contributed by atoms with Crippen molar-refractivity contribution >= 4 is 11.9 Å². The Labute approximate surface area is 113 Å². The third-order valence-electron chi connectivity index (χ3n) is 2.36. The third kappa shape index (κ3) is 4.08. The van der Waals surface area contributed by atoms with Crippen molar-refractivity contribution in [1.82, 2.24) is 5.32 Å². The van der Waals surface area contributed by atoms with Gasteiger partial charge in [0.1, 0.15) is 6.04 Å². The van der Waals surface area contributed by atoms with E-state index in [1.54, 1.807) is 0 Å². The van der Waals surface area contributed by atoms with Gasteiger partial charge in [-0.25, -0.2) is 0 Å². The Hall–Kier alpha value is -2.38. The van der Waals surface area contributed by atoms with Gasteiger partial charge in [-0.3, -0.25) is 9.59 Å². The van der Waals surface area contributed by atoms with E-state index in [9.17, 15) is 18.4 Å². The first-order valence-corrected chi connectivity index (χ1v) is 5.51. The van der Waals surface area contributed by atoms with Crippen molar-refractivity contribution in [3.8, 4) is 11.5 Å².